The van der Waals surface area contributed by atoms with Crippen LogP contribution < -0.4 is 5.32 Å². The first-order valence-electron chi connectivity index (χ1n) is 8.71. The molecule has 1 aromatic heterocycles. The molecular weight excluding hydrogens is 316 g/mol. The van der Waals surface area contributed by atoms with Gasteiger partial charge in [-0.05, 0) is 62.7 Å². The summed E-state index contributed by atoms with van der Waals surface area (Å²) in [6.45, 7) is 0. The fraction of sp³-hybridized carbons (Fsp3) is 0.450. The summed E-state index contributed by atoms with van der Waals surface area (Å²) in [5.74, 6) is 0.734. The summed E-state index contributed by atoms with van der Waals surface area (Å²) >= 11 is 1.51. The minimum absolute atomic E-state index is 0.0840. The Bertz CT molecular complexity index is 631. The van der Waals surface area contributed by atoms with Gasteiger partial charge in [-0.15, -0.1) is 11.3 Å². The van der Waals surface area contributed by atoms with Crippen LogP contribution in [0, 0.1) is 5.92 Å². The van der Waals surface area contributed by atoms with E-state index in [-0.39, 0.29) is 5.91 Å². The SMILES string of the molecule is CN(C)C(c1ccccc1)C1CCC(NC(=O)c2cccs2)CC1. The number of nitrogens with zero attached hydrogens (tertiary/aromatic N) is 1. The van der Waals surface area contributed by atoms with Crippen LogP contribution in [0.3, 0.4) is 0 Å². The van der Waals surface area contributed by atoms with Crippen molar-refractivity contribution in [3.8, 4) is 0 Å². The molecule has 1 heterocycles. The lowest BCUT2D eigenvalue weighted by Crippen LogP contribution is -2.39. The van der Waals surface area contributed by atoms with Crippen LogP contribution in [0.5, 0.6) is 0 Å². The Hall–Kier alpha value is -1.65. The van der Waals surface area contributed by atoms with Gasteiger partial charge in [0, 0.05) is 12.1 Å². The van der Waals surface area contributed by atoms with Crippen molar-refractivity contribution >= 4 is 17.2 Å². The van der Waals surface area contributed by atoms with Gasteiger partial charge in [-0.3, -0.25) is 4.79 Å². The normalized spacial score (nSPS) is 22.3. The van der Waals surface area contributed by atoms with E-state index in [0.717, 1.165) is 30.6 Å². The molecule has 1 aromatic carbocycles. The summed E-state index contributed by atoms with van der Waals surface area (Å²) in [4.78, 5) is 15.4. The van der Waals surface area contributed by atoms with E-state index in [1.807, 2.05) is 17.5 Å². The average molecular weight is 343 g/mol. The van der Waals surface area contributed by atoms with Crippen molar-refractivity contribution in [1.82, 2.24) is 10.2 Å². The monoisotopic (exact) mass is 342 g/mol. The molecule has 3 nitrogen and oxygen atoms in total. The van der Waals surface area contributed by atoms with Crippen LogP contribution in [0.1, 0.15) is 47.0 Å². The molecule has 1 amide bonds. The van der Waals surface area contributed by atoms with Crippen LogP contribution in [0.2, 0.25) is 0 Å². The first-order valence-corrected chi connectivity index (χ1v) is 9.59. The topological polar surface area (TPSA) is 32.3 Å². The summed E-state index contributed by atoms with van der Waals surface area (Å²) in [5, 5.41) is 5.16. The summed E-state index contributed by atoms with van der Waals surface area (Å²) in [7, 11) is 4.34. The van der Waals surface area contributed by atoms with E-state index in [1.165, 1.54) is 16.9 Å². The molecular formula is C20H26N2OS. The molecule has 0 saturated heterocycles. The second kappa shape index (κ2) is 7.95. The molecule has 1 atom stereocenters. The molecule has 1 unspecified atom stereocenters. The van der Waals surface area contributed by atoms with E-state index < -0.39 is 0 Å². The zero-order chi connectivity index (χ0) is 16.9. The Labute approximate surface area is 148 Å². The largest absolute Gasteiger partial charge is 0.349 e. The first kappa shape index (κ1) is 17.2. The zero-order valence-corrected chi connectivity index (χ0v) is 15.3. The molecule has 4 heteroatoms. The van der Waals surface area contributed by atoms with Crippen LogP contribution in [0.4, 0.5) is 0 Å². The molecule has 24 heavy (non-hydrogen) atoms. The van der Waals surface area contributed by atoms with Crippen molar-refractivity contribution in [2.75, 3.05) is 14.1 Å². The molecule has 0 bridgehead atoms. The minimum atomic E-state index is 0.0840. The fourth-order valence-electron chi connectivity index (χ4n) is 3.89. The quantitative estimate of drug-likeness (QED) is 0.876. The molecule has 0 radical (unpaired) electrons. The van der Waals surface area contributed by atoms with Gasteiger partial charge in [0.25, 0.3) is 5.91 Å². The van der Waals surface area contributed by atoms with Crippen LogP contribution in [0.15, 0.2) is 47.8 Å². The van der Waals surface area contributed by atoms with E-state index in [4.69, 9.17) is 0 Å². The molecule has 1 aliphatic carbocycles. The summed E-state index contributed by atoms with van der Waals surface area (Å²) in [6.07, 6.45) is 4.46. The predicted molar refractivity (Wildman–Crippen MR) is 100 cm³/mol. The maximum Gasteiger partial charge on any atom is 0.261 e. The summed E-state index contributed by atoms with van der Waals surface area (Å²) in [6, 6.07) is 15.4. The average Bonchev–Trinajstić information content (AvgIpc) is 3.12. The van der Waals surface area contributed by atoms with Crippen LogP contribution >= 0.6 is 11.3 Å². The van der Waals surface area contributed by atoms with E-state index in [1.54, 1.807) is 0 Å². The van der Waals surface area contributed by atoms with Crippen molar-refractivity contribution in [3.05, 3.63) is 58.3 Å². The third-order valence-corrected chi connectivity index (χ3v) is 5.86. The highest BCUT2D eigenvalue weighted by atomic mass is 32.1. The first-order chi connectivity index (χ1) is 11.6. The fourth-order valence-corrected chi connectivity index (χ4v) is 4.51. The van der Waals surface area contributed by atoms with Gasteiger partial charge in [0.15, 0.2) is 0 Å². The Morgan fingerprint density at radius 3 is 2.38 bits per heavy atom. The Balaban J connectivity index is 1.58. The number of benzene rings is 1. The molecule has 3 rings (SSSR count). The highest BCUT2D eigenvalue weighted by Crippen LogP contribution is 2.37. The minimum Gasteiger partial charge on any atom is -0.349 e. The van der Waals surface area contributed by atoms with Crippen molar-refractivity contribution in [2.24, 2.45) is 5.92 Å². The summed E-state index contributed by atoms with van der Waals surface area (Å²) in [5.41, 5.74) is 1.40. The highest BCUT2D eigenvalue weighted by Gasteiger charge is 2.30. The van der Waals surface area contributed by atoms with Gasteiger partial charge in [-0.2, -0.15) is 0 Å². The molecule has 0 spiro atoms. The smallest absolute Gasteiger partial charge is 0.261 e. The maximum atomic E-state index is 12.2. The van der Waals surface area contributed by atoms with Gasteiger partial charge in [0.05, 0.1) is 4.88 Å². The van der Waals surface area contributed by atoms with E-state index in [9.17, 15) is 4.79 Å². The van der Waals surface area contributed by atoms with Crippen LogP contribution in [0.25, 0.3) is 0 Å². The van der Waals surface area contributed by atoms with E-state index >= 15 is 0 Å². The number of hydrogen-bond donors (Lipinski definition) is 1. The van der Waals surface area contributed by atoms with Gasteiger partial charge in [0.2, 0.25) is 0 Å². The Morgan fingerprint density at radius 2 is 1.79 bits per heavy atom. The van der Waals surface area contributed by atoms with Crippen molar-refractivity contribution in [1.29, 1.82) is 0 Å². The van der Waals surface area contributed by atoms with E-state index in [2.05, 4.69) is 54.6 Å². The number of rotatable bonds is 5. The van der Waals surface area contributed by atoms with Gasteiger partial charge in [0.1, 0.15) is 0 Å². The van der Waals surface area contributed by atoms with E-state index in [0.29, 0.717) is 18.0 Å². The lowest BCUT2D eigenvalue weighted by molar-refractivity contribution is 0.0911. The maximum absolute atomic E-state index is 12.2. The van der Waals surface area contributed by atoms with Gasteiger partial charge >= 0.3 is 0 Å². The Kier molecular flexibility index (Phi) is 5.69. The number of nitrogens with one attached hydrogen (secondary N) is 1. The molecule has 1 N–H and O–H groups in total. The molecule has 128 valence electrons. The van der Waals surface area contributed by atoms with Crippen molar-refractivity contribution < 1.29 is 4.79 Å². The lowest BCUT2D eigenvalue weighted by Gasteiger charge is -2.37. The third kappa shape index (κ3) is 4.05. The second-order valence-electron chi connectivity index (χ2n) is 6.88. The highest BCUT2D eigenvalue weighted by molar-refractivity contribution is 7.12. The summed E-state index contributed by atoms with van der Waals surface area (Å²) < 4.78 is 0. The number of hydrogen-bond acceptors (Lipinski definition) is 3. The van der Waals surface area contributed by atoms with Crippen molar-refractivity contribution in [2.45, 2.75) is 37.8 Å². The lowest BCUT2D eigenvalue weighted by atomic mass is 9.78. The van der Waals surface area contributed by atoms with Gasteiger partial charge in [-0.1, -0.05) is 36.4 Å². The molecule has 0 aliphatic heterocycles. The molecule has 1 saturated carbocycles. The van der Waals surface area contributed by atoms with Crippen LogP contribution in [-0.4, -0.2) is 30.9 Å². The molecule has 2 aromatic rings. The number of carbonyl (C=O) groups excluding carboxylic acids is 1. The Morgan fingerprint density at radius 1 is 1.08 bits per heavy atom. The number of thiophene rings is 1. The number of carbonyl (C=O) groups is 1. The number of amides is 1. The molecule has 1 aliphatic rings. The van der Waals surface area contributed by atoms with Gasteiger partial charge in [-0.25, -0.2) is 0 Å². The van der Waals surface area contributed by atoms with Crippen molar-refractivity contribution in [3.63, 3.8) is 0 Å². The zero-order valence-electron chi connectivity index (χ0n) is 14.4. The third-order valence-electron chi connectivity index (χ3n) is 5.00. The van der Waals surface area contributed by atoms with Gasteiger partial charge < -0.3 is 10.2 Å². The standard InChI is InChI=1S/C20H26N2OS/c1-22(2)19(15-7-4-3-5-8-15)16-10-12-17(13-11-16)21-20(23)18-9-6-14-24-18/h3-9,14,16-17,19H,10-13H2,1-2H3,(H,21,23). The van der Waals surface area contributed by atoms with Crippen LogP contribution in [-0.2, 0) is 0 Å². The second-order valence-corrected chi connectivity index (χ2v) is 7.83. The predicted octanol–water partition coefficient (Wildman–Crippen LogP) is 4.34. The molecule has 1 fully saturated rings.